The third-order valence-electron chi connectivity index (χ3n) is 4.09. The maximum Gasteiger partial charge on any atom is 0.0701 e. The molecule has 1 heterocycles. The predicted molar refractivity (Wildman–Crippen MR) is 87.8 cm³/mol. The number of hydrogen-bond donors (Lipinski definition) is 1. The number of thiophene rings is 1. The summed E-state index contributed by atoms with van der Waals surface area (Å²) < 4.78 is 1.23. The molecule has 1 aromatic rings. The maximum atomic E-state index is 3.74. The van der Waals surface area contributed by atoms with E-state index in [1.165, 1.54) is 35.0 Å². The summed E-state index contributed by atoms with van der Waals surface area (Å²) in [6.45, 7) is 5.67. The highest BCUT2D eigenvalue weighted by molar-refractivity contribution is 9.11. The van der Waals surface area contributed by atoms with Crippen LogP contribution in [0.5, 0.6) is 0 Å². The molecule has 0 aromatic carbocycles. The highest BCUT2D eigenvalue weighted by Gasteiger charge is 2.20. The standard InChI is InChI=1S/C15H25BrN2S/c1-12-5-3-4-6-14(12)17-7-8-18(2)10-13-9-15(16)19-11-13/h9,11-12,14,17H,3-8,10H2,1-2H3. The van der Waals surface area contributed by atoms with E-state index in [-0.39, 0.29) is 0 Å². The molecule has 1 aliphatic rings. The van der Waals surface area contributed by atoms with Gasteiger partial charge in [-0.1, -0.05) is 19.8 Å². The monoisotopic (exact) mass is 344 g/mol. The van der Waals surface area contributed by atoms with Crippen molar-refractivity contribution in [2.75, 3.05) is 20.1 Å². The molecule has 19 heavy (non-hydrogen) atoms. The zero-order valence-corrected chi connectivity index (χ0v) is 14.4. The van der Waals surface area contributed by atoms with E-state index in [0.717, 1.165) is 31.6 Å². The van der Waals surface area contributed by atoms with Gasteiger partial charge in [0.15, 0.2) is 0 Å². The second kappa shape index (κ2) is 7.77. The van der Waals surface area contributed by atoms with E-state index in [1.807, 2.05) is 0 Å². The number of nitrogens with one attached hydrogen (secondary N) is 1. The molecule has 108 valence electrons. The van der Waals surface area contributed by atoms with Gasteiger partial charge in [-0.2, -0.15) is 0 Å². The van der Waals surface area contributed by atoms with Crippen LogP contribution in [0.4, 0.5) is 0 Å². The van der Waals surface area contributed by atoms with Crippen LogP contribution in [0.3, 0.4) is 0 Å². The van der Waals surface area contributed by atoms with E-state index in [9.17, 15) is 0 Å². The van der Waals surface area contributed by atoms with Crippen LogP contribution in [0.1, 0.15) is 38.2 Å². The van der Waals surface area contributed by atoms with Crippen molar-refractivity contribution in [2.24, 2.45) is 5.92 Å². The van der Waals surface area contributed by atoms with Crippen molar-refractivity contribution in [1.82, 2.24) is 10.2 Å². The van der Waals surface area contributed by atoms with Crippen molar-refractivity contribution >= 4 is 27.3 Å². The van der Waals surface area contributed by atoms with Crippen LogP contribution in [0.2, 0.25) is 0 Å². The van der Waals surface area contributed by atoms with Gasteiger partial charge in [0.25, 0.3) is 0 Å². The van der Waals surface area contributed by atoms with Crippen LogP contribution in [-0.4, -0.2) is 31.1 Å². The van der Waals surface area contributed by atoms with Crippen molar-refractivity contribution in [3.8, 4) is 0 Å². The number of hydrogen-bond acceptors (Lipinski definition) is 3. The van der Waals surface area contributed by atoms with E-state index < -0.39 is 0 Å². The molecule has 2 atom stereocenters. The first-order valence-electron chi connectivity index (χ1n) is 7.30. The van der Waals surface area contributed by atoms with Crippen LogP contribution < -0.4 is 5.32 Å². The average molecular weight is 345 g/mol. The molecular weight excluding hydrogens is 320 g/mol. The Labute approximate surface area is 129 Å². The van der Waals surface area contributed by atoms with Gasteiger partial charge in [0.1, 0.15) is 0 Å². The van der Waals surface area contributed by atoms with Crippen LogP contribution in [0.15, 0.2) is 15.2 Å². The predicted octanol–water partition coefficient (Wildman–Crippen LogP) is 4.11. The fourth-order valence-corrected chi connectivity index (χ4v) is 4.08. The molecule has 0 radical (unpaired) electrons. The first kappa shape index (κ1) is 15.5. The summed E-state index contributed by atoms with van der Waals surface area (Å²) in [5.41, 5.74) is 1.41. The lowest BCUT2D eigenvalue weighted by atomic mass is 9.86. The summed E-state index contributed by atoms with van der Waals surface area (Å²) in [6, 6.07) is 2.97. The Kier molecular flexibility index (Phi) is 6.33. The Morgan fingerprint density at radius 3 is 2.89 bits per heavy atom. The zero-order valence-electron chi connectivity index (χ0n) is 12.0. The Morgan fingerprint density at radius 2 is 2.21 bits per heavy atom. The maximum absolute atomic E-state index is 3.74. The molecule has 2 nitrogen and oxygen atoms in total. The Hall–Kier alpha value is 0.100. The van der Waals surface area contributed by atoms with E-state index in [4.69, 9.17) is 0 Å². The molecule has 2 unspecified atom stereocenters. The van der Waals surface area contributed by atoms with Gasteiger partial charge in [0, 0.05) is 25.7 Å². The minimum absolute atomic E-state index is 0.748. The minimum Gasteiger partial charge on any atom is -0.312 e. The lowest BCUT2D eigenvalue weighted by molar-refractivity contribution is 0.258. The first-order chi connectivity index (χ1) is 9.15. The summed E-state index contributed by atoms with van der Waals surface area (Å²) in [5.74, 6) is 0.854. The molecule has 0 spiro atoms. The zero-order chi connectivity index (χ0) is 13.7. The summed E-state index contributed by atoms with van der Waals surface area (Å²) in [6.07, 6.45) is 5.59. The van der Waals surface area contributed by atoms with Gasteiger partial charge in [-0.05, 0) is 58.7 Å². The van der Waals surface area contributed by atoms with Crippen LogP contribution in [0.25, 0.3) is 0 Å². The molecule has 2 rings (SSSR count). The highest BCUT2D eigenvalue weighted by Crippen LogP contribution is 2.23. The normalized spacial score (nSPS) is 24.0. The number of rotatable bonds is 6. The third kappa shape index (κ3) is 5.18. The fraction of sp³-hybridized carbons (Fsp3) is 0.733. The van der Waals surface area contributed by atoms with Gasteiger partial charge in [-0.3, -0.25) is 0 Å². The molecule has 0 bridgehead atoms. The van der Waals surface area contributed by atoms with Crippen LogP contribution >= 0.6 is 27.3 Å². The second-order valence-electron chi connectivity index (χ2n) is 5.82. The average Bonchev–Trinajstić information content (AvgIpc) is 2.77. The Morgan fingerprint density at radius 1 is 1.42 bits per heavy atom. The van der Waals surface area contributed by atoms with Crippen LogP contribution in [-0.2, 0) is 6.54 Å². The summed E-state index contributed by atoms with van der Waals surface area (Å²) >= 11 is 5.29. The molecule has 1 saturated carbocycles. The number of likely N-dealkylation sites (N-methyl/N-ethyl adjacent to an activating group) is 1. The summed E-state index contributed by atoms with van der Waals surface area (Å²) in [4.78, 5) is 2.40. The molecule has 0 saturated heterocycles. The number of halogens is 1. The number of nitrogens with zero attached hydrogens (tertiary/aromatic N) is 1. The van der Waals surface area contributed by atoms with E-state index in [2.05, 4.69) is 51.6 Å². The van der Waals surface area contributed by atoms with Crippen molar-refractivity contribution in [3.63, 3.8) is 0 Å². The molecule has 1 N–H and O–H groups in total. The molecule has 1 aliphatic carbocycles. The van der Waals surface area contributed by atoms with Gasteiger partial charge in [-0.15, -0.1) is 11.3 Å². The van der Waals surface area contributed by atoms with Gasteiger partial charge in [0.2, 0.25) is 0 Å². The second-order valence-corrected chi connectivity index (χ2v) is 8.11. The van der Waals surface area contributed by atoms with E-state index in [0.29, 0.717) is 0 Å². The van der Waals surface area contributed by atoms with Gasteiger partial charge in [-0.25, -0.2) is 0 Å². The van der Waals surface area contributed by atoms with Crippen molar-refractivity contribution in [2.45, 2.75) is 45.2 Å². The molecule has 0 aliphatic heterocycles. The van der Waals surface area contributed by atoms with Crippen molar-refractivity contribution in [1.29, 1.82) is 0 Å². The molecule has 1 fully saturated rings. The topological polar surface area (TPSA) is 15.3 Å². The van der Waals surface area contributed by atoms with Gasteiger partial charge < -0.3 is 10.2 Å². The quantitative estimate of drug-likeness (QED) is 0.835. The van der Waals surface area contributed by atoms with Crippen molar-refractivity contribution in [3.05, 3.63) is 20.8 Å². The minimum atomic E-state index is 0.748. The summed E-state index contributed by atoms with van der Waals surface area (Å²) in [5, 5.41) is 5.98. The van der Waals surface area contributed by atoms with Gasteiger partial charge >= 0.3 is 0 Å². The molecular formula is C15H25BrN2S. The highest BCUT2D eigenvalue weighted by atomic mass is 79.9. The smallest absolute Gasteiger partial charge is 0.0701 e. The SMILES string of the molecule is CC1CCCCC1NCCN(C)Cc1csc(Br)c1. The van der Waals surface area contributed by atoms with Crippen molar-refractivity contribution < 1.29 is 0 Å². The van der Waals surface area contributed by atoms with E-state index in [1.54, 1.807) is 11.3 Å². The van der Waals surface area contributed by atoms with Gasteiger partial charge in [0.05, 0.1) is 3.79 Å². The lowest BCUT2D eigenvalue weighted by Gasteiger charge is -2.30. The lowest BCUT2D eigenvalue weighted by Crippen LogP contribution is -2.40. The fourth-order valence-electron chi connectivity index (χ4n) is 2.88. The third-order valence-corrected chi connectivity index (χ3v) is 5.64. The summed E-state index contributed by atoms with van der Waals surface area (Å²) in [7, 11) is 2.21. The van der Waals surface area contributed by atoms with Crippen LogP contribution in [0, 0.1) is 5.92 Å². The first-order valence-corrected chi connectivity index (χ1v) is 8.97. The Bertz CT molecular complexity index is 380. The molecule has 0 amide bonds. The molecule has 1 aromatic heterocycles. The van der Waals surface area contributed by atoms with E-state index >= 15 is 0 Å². The molecule has 4 heteroatoms. The largest absolute Gasteiger partial charge is 0.312 e. The Balaban J connectivity index is 1.64.